The average Bonchev–Trinajstić information content (AvgIpc) is 2.64. The van der Waals surface area contributed by atoms with E-state index in [1.54, 1.807) is 11.0 Å². The molecular weight excluding hydrogens is 373 g/mol. The number of carbonyl (C=O) groups is 2. The van der Waals surface area contributed by atoms with Crippen LogP contribution in [0.3, 0.4) is 0 Å². The molecule has 2 N–H and O–H groups in total. The first-order valence-corrected chi connectivity index (χ1v) is 9.74. The predicted molar refractivity (Wildman–Crippen MR) is 100 cm³/mol. The fraction of sp³-hybridized carbons (Fsp3) is 0.579. The van der Waals surface area contributed by atoms with E-state index in [1.807, 2.05) is 0 Å². The second kappa shape index (κ2) is 8.89. The minimum absolute atomic E-state index is 0.0441. The van der Waals surface area contributed by atoms with Gasteiger partial charge < -0.3 is 15.3 Å². The summed E-state index contributed by atoms with van der Waals surface area (Å²) in [5.41, 5.74) is 0.876. The SMILES string of the molecule is O=C(O)C1CCN(C(=O)NC2CCCN(Cc3ccc(F)cc3Cl)C2)CC1. The fourth-order valence-corrected chi connectivity index (χ4v) is 4.03. The number of hydrogen-bond acceptors (Lipinski definition) is 3. The van der Waals surface area contributed by atoms with E-state index in [-0.39, 0.29) is 23.8 Å². The third-order valence-corrected chi connectivity index (χ3v) is 5.73. The number of halogens is 2. The van der Waals surface area contributed by atoms with Gasteiger partial charge in [0.1, 0.15) is 5.82 Å². The van der Waals surface area contributed by atoms with E-state index in [4.69, 9.17) is 16.7 Å². The number of carboxylic acids is 1. The highest BCUT2D eigenvalue weighted by Gasteiger charge is 2.29. The Morgan fingerprint density at radius 2 is 1.96 bits per heavy atom. The summed E-state index contributed by atoms with van der Waals surface area (Å²) >= 11 is 6.12. The Morgan fingerprint density at radius 3 is 2.63 bits per heavy atom. The zero-order chi connectivity index (χ0) is 19.4. The lowest BCUT2D eigenvalue weighted by Crippen LogP contribution is -2.53. The van der Waals surface area contributed by atoms with Gasteiger partial charge in [0, 0.05) is 37.2 Å². The summed E-state index contributed by atoms with van der Waals surface area (Å²) in [6.07, 6.45) is 2.88. The maximum absolute atomic E-state index is 13.2. The molecule has 2 amide bonds. The lowest BCUT2D eigenvalue weighted by Gasteiger charge is -2.36. The second-order valence-corrected chi connectivity index (χ2v) is 7.77. The van der Waals surface area contributed by atoms with Gasteiger partial charge in [0.25, 0.3) is 0 Å². The Kier molecular flexibility index (Phi) is 6.55. The van der Waals surface area contributed by atoms with Gasteiger partial charge in [-0.15, -0.1) is 0 Å². The number of carboxylic acid groups (broad SMARTS) is 1. The molecule has 0 aromatic heterocycles. The van der Waals surface area contributed by atoms with E-state index in [9.17, 15) is 14.0 Å². The third kappa shape index (κ3) is 5.32. The van der Waals surface area contributed by atoms with Crippen molar-refractivity contribution < 1.29 is 19.1 Å². The summed E-state index contributed by atoms with van der Waals surface area (Å²) in [6, 6.07) is 4.35. The zero-order valence-corrected chi connectivity index (χ0v) is 15.9. The van der Waals surface area contributed by atoms with Crippen molar-refractivity contribution in [2.24, 2.45) is 5.92 Å². The topological polar surface area (TPSA) is 72.9 Å². The first kappa shape index (κ1) is 19.9. The van der Waals surface area contributed by atoms with Gasteiger partial charge in [0.15, 0.2) is 0 Å². The van der Waals surface area contributed by atoms with Crippen molar-refractivity contribution in [3.8, 4) is 0 Å². The lowest BCUT2D eigenvalue weighted by molar-refractivity contribution is -0.143. The van der Waals surface area contributed by atoms with Crippen LogP contribution in [0, 0.1) is 11.7 Å². The molecule has 0 aliphatic carbocycles. The van der Waals surface area contributed by atoms with Gasteiger partial charge in [-0.05, 0) is 49.9 Å². The van der Waals surface area contributed by atoms with E-state index in [0.717, 1.165) is 24.9 Å². The molecule has 0 saturated carbocycles. The lowest BCUT2D eigenvalue weighted by atomic mass is 9.97. The number of hydrogen-bond donors (Lipinski definition) is 2. The van der Waals surface area contributed by atoms with Crippen molar-refractivity contribution in [1.82, 2.24) is 15.1 Å². The maximum Gasteiger partial charge on any atom is 0.317 e. The van der Waals surface area contributed by atoms with Crippen molar-refractivity contribution in [2.45, 2.75) is 38.3 Å². The molecule has 6 nitrogen and oxygen atoms in total. The number of aliphatic carboxylic acids is 1. The van der Waals surface area contributed by atoms with Crippen LogP contribution in [0.25, 0.3) is 0 Å². The van der Waals surface area contributed by atoms with Crippen LogP contribution in [-0.4, -0.2) is 59.1 Å². The molecule has 2 fully saturated rings. The van der Waals surface area contributed by atoms with Crippen molar-refractivity contribution in [3.05, 3.63) is 34.6 Å². The van der Waals surface area contributed by atoms with Crippen LogP contribution in [0.4, 0.5) is 9.18 Å². The molecular formula is C19H25ClFN3O3. The zero-order valence-electron chi connectivity index (χ0n) is 15.2. The fourth-order valence-electron chi connectivity index (χ4n) is 3.80. The molecule has 1 atom stereocenters. The van der Waals surface area contributed by atoms with Crippen LogP contribution in [-0.2, 0) is 11.3 Å². The largest absolute Gasteiger partial charge is 0.481 e. The van der Waals surface area contributed by atoms with Crippen LogP contribution < -0.4 is 5.32 Å². The Bertz CT molecular complexity index is 695. The Labute approximate surface area is 163 Å². The molecule has 0 radical (unpaired) electrons. The maximum atomic E-state index is 13.2. The molecule has 3 rings (SSSR count). The van der Waals surface area contributed by atoms with E-state index in [1.165, 1.54) is 12.1 Å². The van der Waals surface area contributed by atoms with Gasteiger partial charge in [-0.25, -0.2) is 9.18 Å². The first-order valence-electron chi connectivity index (χ1n) is 9.37. The summed E-state index contributed by atoms with van der Waals surface area (Å²) in [7, 11) is 0. The van der Waals surface area contributed by atoms with Gasteiger partial charge in [0.05, 0.1) is 5.92 Å². The standard InChI is InChI=1S/C19H25ClFN3O3/c20-17-10-15(21)4-3-14(17)11-23-7-1-2-16(12-23)22-19(27)24-8-5-13(6-9-24)18(25)26/h3-4,10,13,16H,1-2,5-9,11-12H2,(H,22,27)(H,25,26). The van der Waals surface area contributed by atoms with Crippen molar-refractivity contribution in [3.63, 3.8) is 0 Å². The van der Waals surface area contributed by atoms with Crippen LogP contribution in [0.5, 0.6) is 0 Å². The highest BCUT2D eigenvalue weighted by Crippen LogP contribution is 2.22. The Morgan fingerprint density at radius 1 is 1.22 bits per heavy atom. The molecule has 1 aromatic rings. The number of likely N-dealkylation sites (tertiary alicyclic amines) is 2. The Hall–Kier alpha value is -1.86. The summed E-state index contributed by atoms with van der Waals surface area (Å²) < 4.78 is 13.2. The Balaban J connectivity index is 1.49. The molecule has 0 spiro atoms. The van der Waals surface area contributed by atoms with Crippen molar-refractivity contribution in [1.29, 1.82) is 0 Å². The number of benzene rings is 1. The summed E-state index contributed by atoms with van der Waals surface area (Å²) in [5.74, 6) is -1.48. The van der Waals surface area contributed by atoms with E-state index in [0.29, 0.717) is 44.0 Å². The smallest absolute Gasteiger partial charge is 0.317 e. The number of amides is 2. The average molecular weight is 398 g/mol. The third-order valence-electron chi connectivity index (χ3n) is 5.37. The monoisotopic (exact) mass is 397 g/mol. The molecule has 2 aliphatic rings. The minimum atomic E-state index is -0.780. The van der Waals surface area contributed by atoms with Crippen LogP contribution in [0.2, 0.25) is 5.02 Å². The quantitative estimate of drug-likeness (QED) is 0.819. The molecule has 148 valence electrons. The molecule has 27 heavy (non-hydrogen) atoms. The van der Waals surface area contributed by atoms with Gasteiger partial charge in [-0.1, -0.05) is 17.7 Å². The van der Waals surface area contributed by atoms with E-state index < -0.39 is 5.97 Å². The highest BCUT2D eigenvalue weighted by atomic mass is 35.5. The summed E-state index contributed by atoms with van der Waals surface area (Å²) in [6.45, 7) is 3.19. The molecule has 0 bridgehead atoms. The van der Waals surface area contributed by atoms with Gasteiger partial charge in [-0.3, -0.25) is 9.69 Å². The molecule has 2 aliphatic heterocycles. The van der Waals surface area contributed by atoms with E-state index in [2.05, 4.69) is 10.2 Å². The molecule has 1 aromatic carbocycles. The van der Waals surface area contributed by atoms with Crippen molar-refractivity contribution >= 4 is 23.6 Å². The van der Waals surface area contributed by atoms with Gasteiger partial charge >= 0.3 is 12.0 Å². The van der Waals surface area contributed by atoms with Gasteiger partial charge in [0.2, 0.25) is 0 Å². The van der Waals surface area contributed by atoms with Gasteiger partial charge in [-0.2, -0.15) is 0 Å². The highest BCUT2D eigenvalue weighted by molar-refractivity contribution is 6.31. The number of carbonyl (C=O) groups excluding carboxylic acids is 1. The predicted octanol–water partition coefficient (Wildman–Crippen LogP) is 2.95. The second-order valence-electron chi connectivity index (χ2n) is 7.36. The number of piperidine rings is 2. The van der Waals surface area contributed by atoms with Crippen LogP contribution in [0.15, 0.2) is 18.2 Å². The van der Waals surface area contributed by atoms with E-state index >= 15 is 0 Å². The molecule has 2 saturated heterocycles. The summed E-state index contributed by atoms with van der Waals surface area (Å²) in [5, 5.41) is 12.6. The number of nitrogens with one attached hydrogen (secondary N) is 1. The first-order chi connectivity index (χ1) is 12.9. The molecule has 2 heterocycles. The summed E-state index contributed by atoms with van der Waals surface area (Å²) in [4.78, 5) is 27.4. The molecule has 1 unspecified atom stereocenters. The molecule has 8 heteroatoms. The number of urea groups is 1. The van der Waals surface area contributed by atoms with Crippen molar-refractivity contribution in [2.75, 3.05) is 26.2 Å². The van der Waals surface area contributed by atoms with Crippen LogP contribution in [0.1, 0.15) is 31.2 Å². The number of nitrogens with zero attached hydrogens (tertiary/aromatic N) is 2. The minimum Gasteiger partial charge on any atom is -0.481 e. The van der Waals surface area contributed by atoms with Crippen LogP contribution >= 0.6 is 11.6 Å². The number of rotatable bonds is 4. The normalized spacial score (nSPS) is 21.9.